The summed E-state index contributed by atoms with van der Waals surface area (Å²) >= 11 is 0. The van der Waals surface area contributed by atoms with Crippen LogP contribution in [0.1, 0.15) is 18.2 Å². The molecule has 33 heavy (non-hydrogen) atoms. The minimum Gasteiger partial charge on any atom is -0.384 e. The molecule has 1 fully saturated rings. The number of rotatable bonds is 4. The molecule has 1 N–H and O–H groups in total. The summed E-state index contributed by atoms with van der Waals surface area (Å²) in [5, 5.41) is 3.74. The van der Waals surface area contributed by atoms with Crippen LogP contribution in [0.5, 0.6) is 0 Å². The number of hydrogen-bond donors (Lipinski definition) is 1. The van der Waals surface area contributed by atoms with E-state index in [1.807, 2.05) is 4.72 Å². The molecule has 0 bridgehead atoms. The molecular formula is C19H16F6N4O3S. The summed E-state index contributed by atoms with van der Waals surface area (Å²) in [4.78, 5) is 10.2. The average Bonchev–Trinajstić information content (AvgIpc) is 3.25. The monoisotopic (exact) mass is 494 g/mol. The van der Waals surface area contributed by atoms with Gasteiger partial charge in [0.05, 0.1) is 36.7 Å². The molecule has 0 amide bonds. The van der Waals surface area contributed by atoms with E-state index in [4.69, 9.17) is 4.84 Å². The SMILES string of the molecule is CS(=O)(=O)N[C@@H]1CN(C2=NOC(c3ncc(F)cc3-c3c(F)cc(F)cc3F)C2)CC1(F)F. The molecule has 2 aliphatic heterocycles. The van der Waals surface area contributed by atoms with Crippen molar-refractivity contribution < 1.29 is 39.6 Å². The number of nitrogens with zero attached hydrogens (tertiary/aromatic N) is 3. The van der Waals surface area contributed by atoms with Crippen molar-refractivity contribution in [1.82, 2.24) is 14.6 Å². The van der Waals surface area contributed by atoms with Crippen LogP contribution in [0.25, 0.3) is 11.1 Å². The highest BCUT2D eigenvalue weighted by atomic mass is 32.2. The number of likely N-dealkylation sites (tertiary alicyclic amines) is 1. The lowest BCUT2D eigenvalue weighted by atomic mass is 9.98. The fraction of sp³-hybridized carbons (Fsp3) is 0.368. The van der Waals surface area contributed by atoms with Crippen LogP contribution in [-0.2, 0) is 14.9 Å². The summed E-state index contributed by atoms with van der Waals surface area (Å²) in [5.74, 6) is -8.07. The Morgan fingerprint density at radius 3 is 2.42 bits per heavy atom. The number of benzene rings is 1. The maximum Gasteiger partial charge on any atom is 0.282 e. The van der Waals surface area contributed by atoms with E-state index in [-0.39, 0.29) is 23.5 Å². The first-order valence-corrected chi connectivity index (χ1v) is 11.4. The second-order valence-corrected chi connectivity index (χ2v) is 9.50. The zero-order valence-electron chi connectivity index (χ0n) is 16.8. The first-order valence-electron chi connectivity index (χ1n) is 9.47. The Balaban J connectivity index is 1.60. The molecule has 7 nitrogen and oxygen atoms in total. The summed E-state index contributed by atoms with van der Waals surface area (Å²) < 4.78 is 109. The molecule has 4 rings (SSSR count). The maximum atomic E-state index is 14.3. The minimum atomic E-state index is -3.90. The molecule has 1 aromatic heterocycles. The molecule has 1 saturated heterocycles. The van der Waals surface area contributed by atoms with Crippen LogP contribution in [0.3, 0.4) is 0 Å². The predicted molar refractivity (Wildman–Crippen MR) is 104 cm³/mol. The van der Waals surface area contributed by atoms with Gasteiger partial charge in [0.25, 0.3) is 5.92 Å². The third-order valence-electron chi connectivity index (χ3n) is 5.16. The minimum absolute atomic E-state index is 0.0228. The molecular weight excluding hydrogens is 478 g/mol. The van der Waals surface area contributed by atoms with Crippen LogP contribution < -0.4 is 4.72 Å². The summed E-state index contributed by atoms with van der Waals surface area (Å²) in [6.45, 7) is -1.25. The zero-order chi connectivity index (χ0) is 24.1. The van der Waals surface area contributed by atoms with E-state index in [1.54, 1.807) is 0 Å². The van der Waals surface area contributed by atoms with Gasteiger partial charge in [-0.05, 0) is 6.07 Å². The van der Waals surface area contributed by atoms with E-state index >= 15 is 0 Å². The van der Waals surface area contributed by atoms with Gasteiger partial charge in [0.1, 0.15) is 35.1 Å². The summed E-state index contributed by atoms with van der Waals surface area (Å²) in [5.41, 5.74) is -1.23. The van der Waals surface area contributed by atoms with Crippen molar-refractivity contribution in [2.75, 3.05) is 19.3 Å². The smallest absolute Gasteiger partial charge is 0.282 e. The molecule has 14 heteroatoms. The number of alkyl halides is 2. The van der Waals surface area contributed by atoms with Crippen LogP contribution in [0, 0.1) is 23.3 Å². The quantitative estimate of drug-likeness (QED) is 0.661. The zero-order valence-corrected chi connectivity index (χ0v) is 17.6. The number of oxime groups is 1. The van der Waals surface area contributed by atoms with Gasteiger partial charge in [-0.1, -0.05) is 5.16 Å². The topological polar surface area (TPSA) is 83.9 Å². The second kappa shape index (κ2) is 8.17. The molecule has 0 aliphatic carbocycles. The highest BCUT2D eigenvalue weighted by molar-refractivity contribution is 7.88. The lowest BCUT2D eigenvalue weighted by molar-refractivity contribution is -0.00123. The normalized spacial score (nSPS) is 22.4. The van der Waals surface area contributed by atoms with Crippen LogP contribution in [-0.4, -0.2) is 55.4 Å². The van der Waals surface area contributed by atoms with Crippen LogP contribution in [0.15, 0.2) is 29.6 Å². The summed E-state index contributed by atoms with van der Waals surface area (Å²) in [6.07, 6.45) is 0.246. The lowest BCUT2D eigenvalue weighted by Gasteiger charge is -2.17. The molecule has 1 unspecified atom stereocenters. The number of aromatic nitrogens is 1. The molecule has 2 atom stereocenters. The highest BCUT2D eigenvalue weighted by Gasteiger charge is 2.51. The van der Waals surface area contributed by atoms with Crippen molar-refractivity contribution in [3.63, 3.8) is 0 Å². The molecule has 0 saturated carbocycles. The van der Waals surface area contributed by atoms with Gasteiger partial charge >= 0.3 is 0 Å². The number of sulfonamides is 1. The second-order valence-electron chi connectivity index (χ2n) is 7.72. The number of halogens is 6. The Kier molecular flexibility index (Phi) is 5.76. The first-order chi connectivity index (χ1) is 15.3. The molecule has 2 aromatic rings. The molecule has 0 radical (unpaired) electrons. The molecule has 2 aliphatic rings. The molecule has 1 aromatic carbocycles. The third-order valence-corrected chi connectivity index (χ3v) is 5.87. The van der Waals surface area contributed by atoms with E-state index in [0.717, 1.165) is 23.4 Å². The van der Waals surface area contributed by atoms with Crippen LogP contribution >= 0.6 is 0 Å². The average molecular weight is 494 g/mol. The standard InChI is InChI=1S/C19H16F6N4O3S/c1-33(30,31)28-15-7-29(8-19(15,24)25)16-5-14(32-27-16)18-11(2-10(21)6-26-18)17-12(22)3-9(20)4-13(17)23/h2-4,6,14-15,28H,5,7-8H2,1H3/t14?,15-/m1/s1. The van der Waals surface area contributed by atoms with Crippen LogP contribution in [0.2, 0.25) is 0 Å². The predicted octanol–water partition coefficient (Wildman–Crippen LogP) is 2.95. The molecule has 3 heterocycles. The lowest BCUT2D eigenvalue weighted by Crippen LogP contribution is -2.46. The number of pyridine rings is 1. The van der Waals surface area contributed by atoms with Crippen molar-refractivity contribution >= 4 is 15.9 Å². The van der Waals surface area contributed by atoms with E-state index in [9.17, 15) is 34.8 Å². The van der Waals surface area contributed by atoms with Crippen molar-refractivity contribution in [2.45, 2.75) is 24.5 Å². The Bertz CT molecular complexity index is 1220. The van der Waals surface area contributed by atoms with Crippen molar-refractivity contribution in [3.05, 3.63) is 53.4 Å². The van der Waals surface area contributed by atoms with E-state index in [2.05, 4.69) is 10.1 Å². The number of hydrogen-bond acceptors (Lipinski definition) is 6. The summed E-state index contributed by atoms with van der Waals surface area (Å²) in [7, 11) is -3.90. The van der Waals surface area contributed by atoms with Crippen LogP contribution in [0.4, 0.5) is 26.3 Å². The summed E-state index contributed by atoms with van der Waals surface area (Å²) in [6, 6.07) is -0.0624. The van der Waals surface area contributed by atoms with Crippen molar-refractivity contribution in [3.8, 4) is 11.1 Å². The fourth-order valence-corrected chi connectivity index (χ4v) is 4.53. The van der Waals surface area contributed by atoms with Gasteiger partial charge in [0, 0.05) is 24.2 Å². The first kappa shape index (κ1) is 23.3. The van der Waals surface area contributed by atoms with Gasteiger partial charge in [-0.3, -0.25) is 4.98 Å². The van der Waals surface area contributed by atoms with E-state index < -0.39 is 70.0 Å². The Morgan fingerprint density at radius 1 is 1.12 bits per heavy atom. The van der Waals surface area contributed by atoms with E-state index in [1.165, 1.54) is 0 Å². The largest absolute Gasteiger partial charge is 0.384 e. The van der Waals surface area contributed by atoms with E-state index in [0.29, 0.717) is 12.1 Å². The van der Waals surface area contributed by atoms with Gasteiger partial charge in [-0.25, -0.2) is 39.5 Å². The highest BCUT2D eigenvalue weighted by Crippen LogP contribution is 2.38. The third kappa shape index (κ3) is 4.76. The Hall–Kier alpha value is -2.87. The molecule has 178 valence electrons. The van der Waals surface area contributed by atoms with Gasteiger partial charge in [-0.2, -0.15) is 0 Å². The Labute approximate surface area is 184 Å². The van der Waals surface area contributed by atoms with Gasteiger partial charge in [0.2, 0.25) is 10.0 Å². The van der Waals surface area contributed by atoms with Crippen molar-refractivity contribution in [2.24, 2.45) is 5.16 Å². The van der Waals surface area contributed by atoms with Gasteiger partial charge in [0.15, 0.2) is 6.10 Å². The van der Waals surface area contributed by atoms with Crippen molar-refractivity contribution in [1.29, 1.82) is 0 Å². The number of amidine groups is 1. The molecule has 0 spiro atoms. The van der Waals surface area contributed by atoms with Gasteiger partial charge < -0.3 is 9.74 Å². The van der Waals surface area contributed by atoms with Gasteiger partial charge in [-0.15, -0.1) is 0 Å². The fourth-order valence-electron chi connectivity index (χ4n) is 3.77. The Morgan fingerprint density at radius 2 is 1.79 bits per heavy atom. The number of nitrogens with one attached hydrogen (secondary N) is 1. The maximum absolute atomic E-state index is 14.3.